The number of amides is 1. The largest absolute Gasteiger partial charge is 0.358 e. The van der Waals surface area contributed by atoms with Crippen LogP contribution in [-0.4, -0.2) is 47.5 Å². The molecule has 0 saturated carbocycles. The number of carbonyl (C=O) groups excluding carboxylic acids is 1. The minimum Gasteiger partial charge on any atom is -0.358 e. The maximum atomic E-state index is 12.9. The standard InChI is InChI=1S/C17H28N4O2/c1-10(2)20(8)15(22)12-9-17(4,5)13-11(3)18-14(19(6)7)16(23)21(12)13/h10,12H,9H2,1-8H3. The van der Waals surface area contributed by atoms with E-state index in [1.54, 1.807) is 35.5 Å². The number of hydrogen-bond donors (Lipinski definition) is 0. The van der Waals surface area contributed by atoms with Crippen molar-refractivity contribution in [2.24, 2.45) is 0 Å². The zero-order valence-corrected chi connectivity index (χ0v) is 15.5. The highest BCUT2D eigenvalue weighted by Gasteiger charge is 2.44. The van der Waals surface area contributed by atoms with E-state index in [1.165, 1.54) is 0 Å². The Labute approximate surface area is 138 Å². The van der Waals surface area contributed by atoms with Gasteiger partial charge < -0.3 is 9.80 Å². The van der Waals surface area contributed by atoms with Crippen molar-refractivity contribution in [1.29, 1.82) is 0 Å². The van der Waals surface area contributed by atoms with Crippen molar-refractivity contribution in [2.45, 2.75) is 58.5 Å². The van der Waals surface area contributed by atoms with Crippen molar-refractivity contribution in [2.75, 3.05) is 26.0 Å². The summed E-state index contributed by atoms with van der Waals surface area (Å²) in [5, 5.41) is 0. The van der Waals surface area contributed by atoms with E-state index in [9.17, 15) is 9.59 Å². The van der Waals surface area contributed by atoms with Crippen LogP contribution in [0.3, 0.4) is 0 Å². The Morgan fingerprint density at radius 3 is 2.35 bits per heavy atom. The number of carbonyl (C=O) groups is 1. The fourth-order valence-corrected chi connectivity index (χ4v) is 3.41. The van der Waals surface area contributed by atoms with Gasteiger partial charge in [0.15, 0.2) is 5.82 Å². The smallest absolute Gasteiger partial charge is 0.294 e. The van der Waals surface area contributed by atoms with E-state index in [0.717, 1.165) is 11.4 Å². The molecule has 128 valence electrons. The van der Waals surface area contributed by atoms with Crippen molar-refractivity contribution >= 4 is 11.7 Å². The van der Waals surface area contributed by atoms with Crippen LogP contribution in [0.4, 0.5) is 5.82 Å². The molecule has 0 bridgehead atoms. The average Bonchev–Trinajstić information content (AvgIpc) is 2.73. The fourth-order valence-electron chi connectivity index (χ4n) is 3.41. The molecule has 1 aliphatic heterocycles. The van der Waals surface area contributed by atoms with Crippen LogP contribution >= 0.6 is 0 Å². The summed E-state index contributed by atoms with van der Waals surface area (Å²) in [6.45, 7) is 10.0. The molecular formula is C17H28N4O2. The Kier molecular flexibility index (Phi) is 4.30. The molecule has 0 spiro atoms. The SMILES string of the molecule is Cc1nc(N(C)C)c(=O)n2c1C(C)(C)CC2C(=O)N(C)C(C)C. The Bertz CT molecular complexity index is 689. The molecule has 1 amide bonds. The van der Waals surface area contributed by atoms with Gasteiger partial charge in [-0.1, -0.05) is 13.8 Å². The van der Waals surface area contributed by atoms with Gasteiger partial charge in [-0.15, -0.1) is 0 Å². The first-order valence-electron chi connectivity index (χ1n) is 8.06. The second kappa shape index (κ2) is 5.65. The summed E-state index contributed by atoms with van der Waals surface area (Å²) in [6.07, 6.45) is 0.623. The van der Waals surface area contributed by atoms with E-state index in [-0.39, 0.29) is 22.9 Å². The molecule has 23 heavy (non-hydrogen) atoms. The molecule has 0 radical (unpaired) electrons. The number of rotatable bonds is 3. The summed E-state index contributed by atoms with van der Waals surface area (Å²) in [6, 6.07) is -0.359. The molecule has 1 aromatic heterocycles. The van der Waals surface area contributed by atoms with Crippen LogP contribution < -0.4 is 10.5 Å². The van der Waals surface area contributed by atoms with Crippen molar-refractivity contribution in [1.82, 2.24) is 14.5 Å². The van der Waals surface area contributed by atoms with Crippen LogP contribution in [-0.2, 0) is 10.2 Å². The second-order valence-electron chi connectivity index (χ2n) is 7.59. The number of anilines is 1. The van der Waals surface area contributed by atoms with Crippen LogP contribution in [0.15, 0.2) is 4.79 Å². The molecule has 1 aromatic rings. The van der Waals surface area contributed by atoms with Gasteiger partial charge in [0, 0.05) is 38.3 Å². The van der Waals surface area contributed by atoms with Crippen LogP contribution in [0.25, 0.3) is 0 Å². The summed E-state index contributed by atoms with van der Waals surface area (Å²) < 4.78 is 1.68. The third-order valence-corrected chi connectivity index (χ3v) is 4.75. The van der Waals surface area contributed by atoms with Crippen molar-refractivity contribution in [3.8, 4) is 0 Å². The predicted molar refractivity (Wildman–Crippen MR) is 92.1 cm³/mol. The van der Waals surface area contributed by atoms with Crippen molar-refractivity contribution in [3.05, 3.63) is 21.7 Å². The third-order valence-electron chi connectivity index (χ3n) is 4.75. The van der Waals surface area contributed by atoms with Crippen molar-refractivity contribution < 1.29 is 4.79 Å². The molecule has 1 unspecified atom stereocenters. The van der Waals surface area contributed by atoms with Gasteiger partial charge in [0.25, 0.3) is 5.56 Å². The molecule has 0 aromatic carbocycles. The minimum atomic E-state index is -0.458. The van der Waals surface area contributed by atoms with E-state index < -0.39 is 6.04 Å². The van der Waals surface area contributed by atoms with Gasteiger partial charge in [0.2, 0.25) is 5.91 Å². The zero-order valence-electron chi connectivity index (χ0n) is 15.5. The van der Waals surface area contributed by atoms with Gasteiger partial charge >= 0.3 is 0 Å². The van der Waals surface area contributed by atoms with Crippen LogP contribution in [0, 0.1) is 6.92 Å². The summed E-state index contributed by atoms with van der Waals surface area (Å²) in [7, 11) is 5.39. The monoisotopic (exact) mass is 320 g/mol. The molecule has 2 heterocycles. The van der Waals surface area contributed by atoms with E-state index in [2.05, 4.69) is 18.8 Å². The van der Waals surface area contributed by atoms with Gasteiger partial charge in [0.05, 0.1) is 5.69 Å². The molecule has 1 atom stereocenters. The lowest BCUT2D eigenvalue weighted by Crippen LogP contribution is -2.41. The summed E-state index contributed by atoms with van der Waals surface area (Å²) in [5.41, 5.74) is 1.26. The Balaban J connectivity index is 2.68. The third kappa shape index (κ3) is 2.75. The number of fused-ring (bicyclic) bond motifs is 1. The molecule has 6 heteroatoms. The topological polar surface area (TPSA) is 58.4 Å². The van der Waals surface area contributed by atoms with Crippen LogP contribution in [0.5, 0.6) is 0 Å². The van der Waals surface area contributed by atoms with Gasteiger partial charge in [0.1, 0.15) is 6.04 Å². The zero-order chi connectivity index (χ0) is 17.7. The highest BCUT2D eigenvalue weighted by atomic mass is 16.2. The first-order chi connectivity index (χ1) is 10.5. The first-order valence-corrected chi connectivity index (χ1v) is 8.06. The molecular weight excluding hydrogens is 292 g/mol. The van der Waals surface area contributed by atoms with E-state index in [4.69, 9.17) is 0 Å². The van der Waals surface area contributed by atoms with Gasteiger partial charge in [-0.2, -0.15) is 0 Å². The molecule has 0 fully saturated rings. The molecule has 6 nitrogen and oxygen atoms in total. The summed E-state index contributed by atoms with van der Waals surface area (Å²) in [4.78, 5) is 33.8. The Hall–Kier alpha value is -1.85. The molecule has 0 saturated heterocycles. The summed E-state index contributed by atoms with van der Waals surface area (Å²) in [5.74, 6) is 0.373. The number of aryl methyl sites for hydroxylation is 1. The lowest BCUT2D eigenvalue weighted by atomic mass is 9.85. The number of aromatic nitrogens is 2. The first kappa shape index (κ1) is 17.5. The molecule has 0 N–H and O–H groups in total. The molecule has 1 aliphatic rings. The normalized spacial score (nSPS) is 18.9. The van der Waals surface area contributed by atoms with E-state index in [0.29, 0.717) is 12.2 Å². The number of likely N-dealkylation sites (N-methyl/N-ethyl adjacent to an activating group) is 1. The highest BCUT2D eigenvalue weighted by Crippen LogP contribution is 2.42. The average molecular weight is 320 g/mol. The van der Waals surface area contributed by atoms with E-state index in [1.807, 2.05) is 20.8 Å². The van der Waals surface area contributed by atoms with Crippen molar-refractivity contribution in [3.63, 3.8) is 0 Å². The molecule has 2 rings (SSSR count). The highest BCUT2D eigenvalue weighted by molar-refractivity contribution is 5.81. The lowest BCUT2D eigenvalue weighted by Gasteiger charge is -2.26. The van der Waals surface area contributed by atoms with E-state index >= 15 is 0 Å². The maximum absolute atomic E-state index is 12.9. The lowest BCUT2D eigenvalue weighted by molar-refractivity contribution is -0.135. The Morgan fingerprint density at radius 1 is 1.30 bits per heavy atom. The van der Waals surface area contributed by atoms with Crippen LogP contribution in [0.1, 0.15) is 51.5 Å². The van der Waals surface area contributed by atoms with Gasteiger partial charge in [-0.25, -0.2) is 4.98 Å². The fraction of sp³-hybridized carbons (Fsp3) is 0.706. The quantitative estimate of drug-likeness (QED) is 0.851. The summed E-state index contributed by atoms with van der Waals surface area (Å²) >= 11 is 0. The van der Waals surface area contributed by atoms with Gasteiger partial charge in [-0.3, -0.25) is 14.2 Å². The number of nitrogens with zero attached hydrogens (tertiary/aromatic N) is 4. The predicted octanol–water partition coefficient (Wildman–Crippen LogP) is 1.71. The second-order valence-corrected chi connectivity index (χ2v) is 7.59. The van der Waals surface area contributed by atoms with Gasteiger partial charge in [-0.05, 0) is 27.2 Å². The van der Waals surface area contributed by atoms with Crippen LogP contribution in [0.2, 0.25) is 0 Å². The Morgan fingerprint density at radius 2 is 1.87 bits per heavy atom. The maximum Gasteiger partial charge on any atom is 0.294 e. The molecule has 0 aliphatic carbocycles. The minimum absolute atomic E-state index is 0.00997. The number of hydrogen-bond acceptors (Lipinski definition) is 4.